The van der Waals surface area contributed by atoms with E-state index >= 15 is 0 Å². The number of nitrogens with one attached hydrogen (secondary N) is 1. The molecule has 7 nitrogen and oxygen atoms in total. The van der Waals surface area contributed by atoms with E-state index in [1.54, 1.807) is 19.2 Å². The van der Waals surface area contributed by atoms with Gasteiger partial charge in [0.1, 0.15) is 6.61 Å². The lowest BCUT2D eigenvalue weighted by molar-refractivity contribution is 0.0375. The van der Waals surface area contributed by atoms with Gasteiger partial charge in [-0.3, -0.25) is 0 Å². The third-order valence-electron chi connectivity index (χ3n) is 4.80. The van der Waals surface area contributed by atoms with Crippen molar-refractivity contribution in [1.29, 1.82) is 0 Å². The molecule has 1 heterocycles. The monoisotopic (exact) mass is 418 g/mol. The average molecular weight is 418 g/mol. The first-order valence-electron chi connectivity index (χ1n) is 9.71. The van der Waals surface area contributed by atoms with Crippen molar-refractivity contribution in [2.75, 3.05) is 14.2 Å². The Bertz CT molecular complexity index is 1080. The van der Waals surface area contributed by atoms with Gasteiger partial charge in [-0.15, -0.1) is 0 Å². The lowest BCUT2D eigenvalue weighted by Gasteiger charge is -2.14. The number of carbonyl (C=O) groups excluding carboxylic acids is 1. The van der Waals surface area contributed by atoms with Gasteiger partial charge >= 0.3 is 5.97 Å². The van der Waals surface area contributed by atoms with E-state index in [0.717, 1.165) is 16.7 Å². The molecule has 158 valence electrons. The van der Waals surface area contributed by atoms with Gasteiger partial charge < -0.3 is 14.2 Å². The molecule has 4 rings (SSSR count). The van der Waals surface area contributed by atoms with Gasteiger partial charge in [-0.2, -0.15) is 0 Å². The molecule has 0 fully saturated rings. The lowest BCUT2D eigenvalue weighted by Crippen LogP contribution is -2.17. The van der Waals surface area contributed by atoms with Gasteiger partial charge in [0.2, 0.25) is 6.23 Å². The van der Waals surface area contributed by atoms with E-state index in [1.807, 2.05) is 60.7 Å². The molecular formula is C24H22N2O5. The van der Waals surface area contributed by atoms with E-state index in [9.17, 15) is 4.79 Å². The Kier molecular flexibility index (Phi) is 6.14. The number of hydroxylamine groups is 1. The highest BCUT2D eigenvalue weighted by Crippen LogP contribution is 2.33. The molecule has 0 saturated carbocycles. The third-order valence-corrected chi connectivity index (χ3v) is 4.80. The number of hydrogen-bond donors (Lipinski definition) is 1. The second kappa shape index (κ2) is 9.32. The quantitative estimate of drug-likeness (QED) is 0.584. The Labute approximate surface area is 180 Å². The van der Waals surface area contributed by atoms with Crippen molar-refractivity contribution in [2.45, 2.75) is 12.8 Å². The summed E-state index contributed by atoms with van der Waals surface area (Å²) in [6, 6.07) is 22.4. The van der Waals surface area contributed by atoms with E-state index in [4.69, 9.17) is 19.0 Å². The number of hydrogen-bond acceptors (Lipinski definition) is 7. The van der Waals surface area contributed by atoms with Crippen LogP contribution in [0.4, 0.5) is 0 Å². The zero-order valence-electron chi connectivity index (χ0n) is 17.2. The van der Waals surface area contributed by atoms with Crippen LogP contribution in [0.25, 0.3) is 0 Å². The maximum atomic E-state index is 11.5. The van der Waals surface area contributed by atoms with Crippen molar-refractivity contribution in [2.24, 2.45) is 4.99 Å². The Morgan fingerprint density at radius 3 is 2.48 bits per heavy atom. The molecule has 0 unspecified atom stereocenters. The molecule has 1 aliphatic rings. The van der Waals surface area contributed by atoms with E-state index in [1.165, 1.54) is 7.11 Å². The van der Waals surface area contributed by atoms with Crippen molar-refractivity contribution in [3.05, 3.63) is 95.1 Å². The van der Waals surface area contributed by atoms with Crippen LogP contribution in [-0.4, -0.2) is 26.0 Å². The second-order valence-electron chi connectivity index (χ2n) is 6.80. The molecule has 7 heteroatoms. The lowest BCUT2D eigenvalue weighted by atomic mass is 10.1. The first kappa shape index (κ1) is 20.4. The molecule has 1 aliphatic heterocycles. The molecular weight excluding hydrogens is 396 g/mol. The predicted molar refractivity (Wildman–Crippen MR) is 115 cm³/mol. The minimum absolute atomic E-state index is 0.328. The maximum absolute atomic E-state index is 11.5. The molecule has 0 amide bonds. The minimum atomic E-state index is -0.482. The minimum Gasteiger partial charge on any atom is -0.493 e. The number of aliphatic imine (C=N–C) groups is 1. The Balaban J connectivity index is 1.45. The van der Waals surface area contributed by atoms with Crippen molar-refractivity contribution in [3.8, 4) is 11.5 Å². The van der Waals surface area contributed by atoms with Crippen LogP contribution in [0.2, 0.25) is 0 Å². The number of carbonyl (C=O) groups is 1. The van der Waals surface area contributed by atoms with Crippen LogP contribution < -0.4 is 15.0 Å². The van der Waals surface area contributed by atoms with Crippen LogP contribution in [0.1, 0.15) is 33.3 Å². The molecule has 1 atom stereocenters. The number of nitrogens with zero attached hydrogens (tertiary/aromatic N) is 1. The standard InChI is InChI=1S/C24H22N2O5/c1-28-21-14-19(23-25-22(26-31-23)17-6-4-3-5-7-17)12-13-20(21)30-15-16-8-10-18(11-9-16)24(27)29-2/h3-14,23H,15H2,1-2H3,(H,25,26)/t23-/m1/s1. The molecule has 1 N–H and O–H groups in total. The van der Waals surface area contributed by atoms with Crippen molar-refractivity contribution in [1.82, 2.24) is 5.48 Å². The zero-order valence-corrected chi connectivity index (χ0v) is 17.2. The van der Waals surface area contributed by atoms with Gasteiger partial charge in [0.25, 0.3) is 0 Å². The zero-order chi connectivity index (χ0) is 21.6. The van der Waals surface area contributed by atoms with Gasteiger partial charge in [0.05, 0.1) is 19.8 Å². The molecule has 0 saturated heterocycles. The van der Waals surface area contributed by atoms with Gasteiger partial charge in [-0.1, -0.05) is 48.5 Å². The summed E-state index contributed by atoms with van der Waals surface area (Å²) in [4.78, 5) is 21.8. The molecule has 31 heavy (non-hydrogen) atoms. The van der Waals surface area contributed by atoms with Crippen LogP contribution in [-0.2, 0) is 16.2 Å². The molecule has 0 spiro atoms. The normalized spacial score (nSPS) is 15.0. The summed E-state index contributed by atoms with van der Waals surface area (Å²) in [7, 11) is 2.94. The number of esters is 1. The largest absolute Gasteiger partial charge is 0.493 e. The van der Waals surface area contributed by atoms with Gasteiger partial charge in [-0.05, 0) is 29.8 Å². The van der Waals surface area contributed by atoms with Gasteiger partial charge in [0.15, 0.2) is 17.3 Å². The Hall–Kier alpha value is -3.84. The fraction of sp³-hybridized carbons (Fsp3) is 0.167. The third kappa shape index (κ3) is 4.67. The van der Waals surface area contributed by atoms with Crippen molar-refractivity contribution < 1.29 is 23.8 Å². The maximum Gasteiger partial charge on any atom is 0.337 e. The van der Waals surface area contributed by atoms with Crippen molar-refractivity contribution in [3.63, 3.8) is 0 Å². The highest BCUT2D eigenvalue weighted by atomic mass is 16.7. The van der Waals surface area contributed by atoms with E-state index < -0.39 is 6.23 Å². The number of rotatable bonds is 7. The first-order valence-corrected chi connectivity index (χ1v) is 9.71. The van der Waals surface area contributed by atoms with E-state index in [-0.39, 0.29) is 5.97 Å². The fourth-order valence-corrected chi connectivity index (χ4v) is 3.13. The van der Waals surface area contributed by atoms with Gasteiger partial charge in [-0.25, -0.2) is 20.1 Å². The number of ether oxygens (including phenoxy) is 3. The highest BCUT2D eigenvalue weighted by molar-refractivity contribution is 5.98. The summed E-state index contributed by atoms with van der Waals surface area (Å²) in [6.45, 7) is 0.328. The van der Waals surface area contributed by atoms with Crippen LogP contribution in [0.5, 0.6) is 11.5 Å². The number of benzene rings is 3. The first-order chi connectivity index (χ1) is 15.2. The Morgan fingerprint density at radius 2 is 1.77 bits per heavy atom. The van der Waals surface area contributed by atoms with E-state index in [2.05, 4.69) is 10.5 Å². The predicted octanol–water partition coefficient (Wildman–Crippen LogP) is 4.04. The summed E-state index contributed by atoms with van der Waals surface area (Å²) in [5, 5.41) is 0. The second-order valence-corrected chi connectivity index (χ2v) is 6.80. The fourth-order valence-electron chi connectivity index (χ4n) is 3.13. The molecule has 3 aromatic rings. The number of amidine groups is 1. The van der Waals surface area contributed by atoms with E-state index in [0.29, 0.717) is 29.5 Å². The number of methoxy groups -OCH3 is 2. The topological polar surface area (TPSA) is 78.4 Å². The molecule has 0 radical (unpaired) electrons. The van der Waals surface area contributed by atoms with Crippen LogP contribution in [0.3, 0.4) is 0 Å². The summed E-state index contributed by atoms with van der Waals surface area (Å²) < 4.78 is 16.1. The Morgan fingerprint density at radius 1 is 1.00 bits per heavy atom. The summed E-state index contributed by atoms with van der Waals surface area (Å²) in [5.74, 6) is 1.49. The van der Waals surface area contributed by atoms with Crippen molar-refractivity contribution >= 4 is 11.8 Å². The summed E-state index contributed by atoms with van der Waals surface area (Å²) >= 11 is 0. The molecule has 0 aromatic heterocycles. The summed E-state index contributed by atoms with van der Waals surface area (Å²) in [6.07, 6.45) is -0.482. The van der Waals surface area contributed by atoms with Crippen LogP contribution in [0, 0.1) is 0 Å². The van der Waals surface area contributed by atoms with Crippen LogP contribution >= 0.6 is 0 Å². The van der Waals surface area contributed by atoms with Gasteiger partial charge in [0, 0.05) is 11.1 Å². The van der Waals surface area contributed by atoms with Crippen LogP contribution in [0.15, 0.2) is 77.8 Å². The SMILES string of the molecule is COC(=O)c1ccc(COc2ccc([C@@H]3N=C(c4ccccc4)NO3)cc2OC)cc1. The molecule has 0 bridgehead atoms. The molecule has 0 aliphatic carbocycles. The smallest absolute Gasteiger partial charge is 0.337 e. The summed E-state index contributed by atoms with van der Waals surface area (Å²) in [5.41, 5.74) is 6.08. The molecule has 3 aromatic carbocycles. The highest BCUT2D eigenvalue weighted by Gasteiger charge is 2.22. The average Bonchev–Trinajstić information content (AvgIpc) is 3.33.